The molecule has 22 heavy (non-hydrogen) atoms. The second kappa shape index (κ2) is 8.52. The van der Waals surface area contributed by atoms with Gasteiger partial charge in [0.05, 0.1) is 19.1 Å². The second-order valence-electron chi connectivity index (χ2n) is 3.99. The van der Waals surface area contributed by atoms with Crippen molar-refractivity contribution in [3.05, 3.63) is 42.5 Å². The van der Waals surface area contributed by atoms with Crippen molar-refractivity contribution >= 4 is 10.1 Å². The van der Waals surface area contributed by atoms with E-state index in [4.69, 9.17) is 9.47 Å². The molecule has 0 aliphatic carbocycles. The monoisotopic (exact) mass is 334 g/mol. The van der Waals surface area contributed by atoms with Gasteiger partial charge in [0.2, 0.25) is 0 Å². The van der Waals surface area contributed by atoms with Crippen molar-refractivity contribution in [1.82, 2.24) is 0 Å². The van der Waals surface area contributed by atoms with E-state index in [0.29, 0.717) is 11.3 Å². The number of ether oxygens (including phenoxy) is 2. The predicted molar refractivity (Wildman–Crippen MR) is 76.6 cm³/mol. The first-order valence-electron chi connectivity index (χ1n) is 5.75. The Balaban J connectivity index is 0.00000220. The summed E-state index contributed by atoms with van der Waals surface area (Å²) in [5, 5.41) is 0. The Hall–Kier alpha value is -1.09. The molecule has 0 saturated carbocycles. The molecule has 0 saturated heterocycles. The number of hydrogen-bond acceptors (Lipinski definition) is 5. The molecular formula is C14H15NaO6S. The minimum Gasteiger partial charge on any atom is -0.744 e. The molecule has 2 aromatic carbocycles. The largest absolute Gasteiger partial charge is 1.00 e. The van der Waals surface area contributed by atoms with Gasteiger partial charge in [-0.15, -0.1) is 0 Å². The summed E-state index contributed by atoms with van der Waals surface area (Å²) in [6, 6.07) is 11.3. The van der Waals surface area contributed by atoms with E-state index in [0.717, 1.165) is 0 Å². The maximum absolute atomic E-state index is 11.4. The second-order valence-corrected chi connectivity index (χ2v) is 5.34. The summed E-state index contributed by atoms with van der Waals surface area (Å²) in [6.45, 7) is 0. The summed E-state index contributed by atoms with van der Waals surface area (Å²) < 4.78 is 44.7. The Morgan fingerprint density at radius 2 is 1.55 bits per heavy atom. The smallest absolute Gasteiger partial charge is 0.744 e. The molecule has 114 valence electrons. The van der Waals surface area contributed by atoms with Gasteiger partial charge in [-0.25, -0.2) is 8.42 Å². The number of methoxy groups -OCH3 is 2. The first-order chi connectivity index (χ1) is 9.49. The Kier molecular flexibility index (Phi) is 8.10. The predicted octanol–water partition coefficient (Wildman–Crippen LogP) is -1.55. The van der Waals surface area contributed by atoms with Gasteiger partial charge in [-0.05, 0) is 17.7 Å². The molecular weight excluding hydrogens is 319 g/mol. The van der Waals surface area contributed by atoms with Crippen molar-refractivity contribution in [1.29, 1.82) is 0 Å². The van der Waals surface area contributed by atoms with E-state index in [1.165, 1.54) is 26.4 Å². The minimum absolute atomic E-state index is 0. The molecule has 8 heteroatoms. The van der Waals surface area contributed by atoms with Crippen LogP contribution >= 0.6 is 0 Å². The van der Waals surface area contributed by atoms with Crippen LogP contribution in [-0.4, -0.2) is 32.7 Å². The number of hydrogen-bond donors (Lipinski definition) is 0. The fraction of sp³-hybridized carbons (Fsp3) is 0.143. The third kappa shape index (κ3) is 4.22. The quantitative estimate of drug-likeness (QED) is 0.497. The first kappa shape index (κ1) is 20.9. The van der Waals surface area contributed by atoms with Crippen molar-refractivity contribution in [2.24, 2.45) is 0 Å². The standard InChI is InChI=1S/C14H14O5S.Na.H2O/c1-18-11-8-9-12(20(15,16)17)13(14(11)19-2)10-6-4-3-5-7-10;;/h3-9H,1-2H3,(H,15,16,17);;1H2/q;+1;/p-1. The van der Waals surface area contributed by atoms with Gasteiger partial charge in [0.25, 0.3) is 0 Å². The van der Waals surface area contributed by atoms with Crippen LogP contribution in [0.1, 0.15) is 0 Å². The van der Waals surface area contributed by atoms with Crippen LogP contribution in [0.2, 0.25) is 0 Å². The van der Waals surface area contributed by atoms with Crippen molar-refractivity contribution in [2.45, 2.75) is 4.90 Å². The molecule has 0 unspecified atom stereocenters. The van der Waals surface area contributed by atoms with E-state index >= 15 is 0 Å². The van der Waals surface area contributed by atoms with E-state index in [1.54, 1.807) is 30.3 Å². The molecule has 0 aromatic heterocycles. The van der Waals surface area contributed by atoms with Crippen molar-refractivity contribution in [2.75, 3.05) is 14.2 Å². The van der Waals surface area contributed by atoms with E-state index in [9.17, 15) is 13.0 Å². The van der Waals surface area contributed by atoms with Crippen molar-refractivity contribution < 1.29 is 57.5 Å². The van der Waals surface area contributed by atoms with Gasteiger partial charge in [-0.1, -0.05) is 30.3 Å². The van der Waals surface area contributed by atoms with Crippen LogP contribution < -0.4 is 39.0 Å². The van der Waals surface area contributed by atoms with Gasteiger partial charge in [-0.2, -0.15) is 0 Å². The summed E-state index contributed by atoms with van der Waals surface area (Å²) >= 11 is 0. The third-order valence-electron chi connectivity index (χ3n) is 2.84. The van der Waals surface area contributed by atoms with E-state index < -0.39 is 10.1 Å². The fourth-order valence-corrected chi connectivity index (χ4v) is 2.69. The number of benzene rings is 2. The molecule has 0 fully saturated rings. The Bertz CT molecular complexity index is 716. The van der Waals surface area contributed by atoms with Gasteiger partial charge >= 0.3 is 29.6 Å². The van der Waals surface area contributed by atoms with Crippen LogP contribution in [0.15, 0.2) is 47.4 Å². The van der Waals surface area contributed by atoms with Crippen molar-refractivity contribution in [3.8, 4) is 22.6 Å². The zero-order chi connectivity index (χ0) is 14.8. The fourth-order valence-electron chi connectivity index (χ4n) is 2.00. The van der Waals surface area contributed by atoms with E-state index in [-0.39, 0.29) is 51.2 Å². The minimum atomic E-state index is -4.62. The molecule has 6 nitrogen and oxygen atoms in total. The zero-order valence-electron chi connectivity index (χ0n) is 12.5. The van der Waals surface area contributed by atoms with Gasteiger partial charge in [0.1, 0.15) is 10.1 Å². The first-order valence-corrected chi connectivity index (χ1v) is 7.16. The van der Waals surface area contributed by atoms with Crippen LogP contribution in [0.25, 0.3) is 11.1 Å². The third-order valence-corrected chi connectivity index (χ3v) is 3.72. The van der Waals surface area contributed by atoms with E-state index in [2.05, 4.69) is 0 Å². The molecule has 0 bridgehead atoms. The zero-order valence-corrected chi connectivity index (χ0v) is 15.3. The number of rotatable bonds is 4. The van der Waals surface area contributed by atoms with Gasteiger partial charge in [-0.3, -0.25) is 0 Å². The summed E-state index contributed by atoms with van der Waals surface area (Å²) in [7, 11) is -1.79. The van der Waals surface area contributed by atoms with Crippen LogP contribution in [0, 0.1) is 0 Å². The van der Waals surface area contributed by atoms with Crippen LogP contribution in [0.5, 0.6) is 11.5 Å². The average molecular weight is 334 g/mol. The van der Waals surface area contributed by atoms with Crippen LogP contribution in [-0.2, 0) is 10.1 Å². The Labute approximate surface area is 151 Å². The Morgan fingerprint density at radius 1 is 0.955 bits per heavy atom. The molecule has 2 aromatic rings. The molecule has 0 radical (unpaired) electrons. The molecule has 0 amide bonds. The Morgan fingerprint density at radius 3 is 2.00 bits per heavy atom. The molecule has 0 heterocycles. The summed E-state index contributed by atoms with van der Waals surface area (Å²) in [4.78, 5) is -0.332. The van der Waals surface area contributed by atoms with Crippen molar-refractivity contribution in [3.63, 3.8) is 0 Å². The SMILES string of the molecule is COc1ccc(S(=O)(=O)[O-])c(-c2ccccc2)c1OC.O.[Na+]. The summed E-state index contributed by atoms with van der Waals surface area (Å²) in [6.07, 6.45) is 0. The topological polar surface area (TPSA) is 107 Å². The maximum Gasteiger partial charge on any atom is 1.00 e. The molecule has 2 N–H and O–H groups in total. The van der Waals surface area contributed by atoms with Crippen LogP contribution in [0.4, 0.5) is 0 Å². The summed E-state index contributed by atoms with van der Waals surface area (Å²) in [5.74, 6) is 0.578. The van der Waals surface area contributed by atoms with Gasteiger partial charge < -0.3 is 19.5 Å². The molecule has 0 atom stereocenters. The molecule has 0 aliphatic rings. The summed E-state index contributed by atoms with van der Waals surface area (Å²) in [5.41, 5.74) is 0.778. The molecule has 0 spiro atoms. The van der Waals surface area contributed by atoms with E-state index in [1.807, 2.05) is 0 Å². The van der Waals surface area contributed by atoms with Crippen LogP contribution in [0.3, 0.4) is 0 Å². The van der Waals surface area contributed by atoms with Gasteiger partial charge in [0, 0.05) is 5.56 Å². The molecule has 2 rings (SSSR count). The normalized spacial score (nSPS) is 10.1. The average Bonchev–Trinajstić information content (AvgIpc) is 2.45. The van der Waals surface area contributed by atoms with Gasteiger partial charge in [0.15, 0.2) is 11.5 Å². The molecule has 0 aliphatic heterocycles. The maximum atomic E-state index is 11.4.